The maximum absolute atomic E-state index is 14.3. The third-order valence-corrected chi connectivity index (χ3v) is 3.64. The van der Waals surface area contributed by atoms with E-state index in [4.69, 9.17) is 17.3 Å². The lowest BCUT2D eigenvalue weighted by Gasteiger charge is -2.11. The van der Waals surface area contributed by atoms with Crippen LogP contribution in [0.3, 0.4) is 0 Å². The second-order valence-corrected chi connectivity index (χ2v) is 5.41. The van der Waals surface area contributed by atoms with Gasteiger partial charge < -0.3 is 10.5 Å². The molecule has 2 rings (SSSR count). The van der Waals surface area contributed by atoms with E-state index in [1.54, 1.807) is 0 Å². The molecular formula is C16H13ClF2N2O3. The zero-order chi connectivity index (χ0) is 18.0. The molecule has 0 saturated heterocycles. The van der Waals surface area contributed by atoms with Crippen LogP contribution in [0.2, 0.25) is 5.02 Å². The molecule has 1 aromatic carbocycles. The van der Waals surface area contributed by atoms with Crippen molar-refractivity contribution in [3.8, 4) is 11.3 Å². The van der Waals surface area contributed by atoms with Gasteiger partial charge in [-0.25, -0.2) is 18.6 Å². The second-order valence-electron chi connectivity index (χ2n) is 5.03. The van der Waals surface area contributed by atoms with Crippen LogP contribution >= 0.6 is 11.6 Å². The van der Waals surface area contributed by atoms with Gasteiger partial charge in [0.1, 0.15) is 17.3 Å². The summed E-state index contributed by atoms with van der Waals surface area (Å²) in [6.07, 6.45) is -0.0851. The summed E-state index contributed by atoms with van der Waals surface area (Å²) in [5.74, 6) is -2.79. The summed E-state index contributed by atoms with van der Waals surface area (Å²) in [4.78, 5) is 26.6. The predicted octanol–water partition coefficient (Wildman–Crippen LogP) is 3.18. The largest absolute Gasteiger partial charge is 0.464 e. The van der Waals surface area contributed by atoms with Gasteiger partial charge in [-0.15, -0.1) is 0 Å². The quantitative estimate of drug-likeness (QED) is 0.853. The van der Waals surface area contributed by atoms with E-state index in [1.165, 1.54) is 19.1 Å². The van der Waals surface area contributed by atoms with Gasteiger partial charge in [0.05, 0.1) is 17.8 Å². The number of benzene rings is 1. The number of esters is 1. The molecule has 0 radical (unpaired) electrons. The Kier molecular flexibility index (Phi) is 5.14. The van der Waals surface area contributed by atoms with Crippen LogP contribution in [0.4, 0.5) is 14.5 Å². The molecule has 1 aromatic heterocycles. The first-order valence-corrected chi connectivity index (χ1v) is 7.15. The number of Topliss-reactive ketones (excluding diaryl/α,β-unsaturated/α-hetero) is 1. The SMILES string of the molecule is COC(=O)c1nc(-c2ccc(CC(C)=O)c(F)c2)c(F)c(N)c1Cl. The lowest BCUT2D eigenvalue weighted by molar-refractivity contribution is -0.116. The highest BCUT2D eigenvalue weighted by Crippen LogP contribution is 2.33. The average Bonchev–Trinajstić information content (AvgIpc) is 2.54. The molecular weight excluding hydrogens is 342 g/mol. The molecule has 0 aliphatic rings. The standard InChI is InChI=1S/C16H13ClF2N2O3/c1-7(22)5-8-3-4-9(6-10(8)18)14-12(19)13(20)11(17)15(21-14)16(23)24-2/h3-4,6H,5H2,1-2H3,(H2,20,21). The van der Waals surface area contributed by atoms with E-state index in [9.17, 15) is 18.4 Å². The van der Waals surface area contributed by atoms with E-state index in [0.717, 1.165) is 13.2 Å². The molecule has 24 heavy (non-hydrogen) atoms. The van der Waals surface area contributed by atoms with Crippen LogP contribution in [0, 0.1) is 11.6 Å². The van der Waals surface area contributed by atoms with Crippen molar-refractivity contribution in [3.05, 3.63) is 46.1 Å². The number of ether oxygens (including phenoxy) is 1. The van der Waals surface area contributed by atoms with Gasteiger partial charge in [-0.05, 0) is 18.6 Å². The van der Waals surface area contributed by atoms with Crippen molar-refractivity contribution >= 4 is 29.0 Å². The van der Waals surface area contributed by atoms with Crippen molar-refractivity contribution < 1.29 is 23.1 Å². The van der Waals surface area contributed by atoms with Crippen molar-refractivity contribution in [3.63, 3.8) is 0 Å². The van der Waals surface area contributed by atoms with Gasteiger partial charge >= 0.3 is 5.97 Å². The lowest BCUT2D eigenvalue weighted by Crippen LogP contribution is -2.10. The summed E-state index contributed by atoms with van der Waals surface area (Å²) in [5.41, 5.74) is 4.56. The minimum atomic E-state index is -0.980. The summed E-state index contributed by atoms with van der Waals surface area (Å²) in [6.45, 7) is 1.33. The number of halogens is 3. The van der Waals surface area contributed by atoms with Gasteiger partial charge in [-0.1, -0.05) is 23.7 Å². The molecule has 0 spiro atoms. The molecule has 0 aliphatic carbocycles. The topological polar surface area (TPSA) is 82.3 Å². The molecule has 2 aromatic rings. The summed E-state index contributed by atoms with van der Waals surface area (Å²) >= 11 is 5.81. The number of methoxy groups -OCH3 is 1. The Balaban J connectivity index is 2.60. The number of aromatic nitrogens is 1. The van der Waals surface area contributed by atoms with Crippen molar-refractivity contribution in [2.75, 3.05) is 12.8 Å². The number of pyridine rings is 1. The number of anilines is 1. The number of ketones is 1. The molecule has 1 heterocycles. The minimum absolute atomic E-state index is 0.0471. The number of hydrogen-bond acceptors (Lipinski definition) is 5. The fourth-order valence-electron chi connectivity index (χ4n) is 2.09. The predicted molar refractivity (Wildman–Crippen MR) is 84.7 cm³/mol. The highest BCUT2D eigenvalue weighted by molar-refractivity contribution is 6.35. The van der Waals surface area contributed by atoms with Crippen molar-refractivity contribution in [2.45, 2.75) is 13.3 Å². The van der Waals surface area contributed by atoms with Gasteiger partial charge in [0.15, 0.2) is 11.5 Å². The highest BCUT2D eigenvalue weighted by Gasteiger charge is 2.23. The Morgan fingerprint density at radius 2 is 2.00 bits per heavy atom. The van der Waals surface area contributed by atoms with Crippen molar-refractivity contribution in [2.24, 2.45) is 0 Å². The highest BCUT2D eigenvalue weighted by atomic mass is 35.5. The fraction of sp³-hybridized carbons (Fsp3) is 0.188. The second kappa shape index (κ2) is 6.92. The first kappa shape index (κ1) is 17.8. The molecule has 5 nitrogen and oxygen atoms in total. The number of nitrogens with zero attached hydrogens (tertiary/aromatic N) is 1. The zero-order valence-electron chi connectivity index (χ0n) is 12.8. The maximum Gasteiger partial charge on any atom is 0.358 e. The van der Waals surface area contributed by atoms with E-state index in [-0.39, 0.29) is 39.7 Å². The Hall–Kier alpha value is -2.54. The molecule has 0 fully saturated rings. The summed E-state index contributed by atoms with van der Waals surface area (Å²) < 4.78 is 32.9. The lowest BCUT2D eigenvalue weighted by atomic mass is 10.0. The molecule has 8 heteroatoms. The summed E-state index contributed by atoms with van der Waals surface area (Å²) in [5, 5.41) is -0.378. The molecule has 0 saturated carbocycles. The summed E-state index contributed by atoms with van der Waals surface area (Å²) in [6, 6.07) is 3.73. The van der Waals surface area contributed by atoms with E-state index < -0.39 is 23.3 Å². The first-order chi connectivity index (χ1) is 11.3. The molecule has 0 aliphatic heterocycles. The van der Waals surface area contributed by atoms with Crippen LogP contribution in [0.25, 0.3) is 11.3 Å². The van der Waals surface area contributed by atoms with Crippen LogP contribution in [-0.4, -0.2) is 23.8 Å². The first-order valence-electron chi connectivity index (χ1n) is 6.77. The summed E-state index contributed by atoms with van der Waals surface area (Å²) in [7, 11) is 1.11. The molecule has 0 amide bonds. The number of carbonyl (C=O) groups excluding carboxylic acids is 2. The zero-order valence-corrected chi connectivity index (χ0v) is 13.6. The smallest absolute Gasteiger partial charge is 0.358 e. The number of hydrogen-bond donors (Lipinski definition) is 1. The number of nitrogen functional groups attached to an aromatic ring is 1. The van der Waals surface area contributed by atoms with Crippen LogP contribution in [0.5, 0.6) is 0 Å². The number of nitrogens with two attached hydrogens (primary N) is 1. The molecule has 0 bridgehead atoms. The van der Waals surface area contributed by atoms with Crippen LogP contribution < -0.4 is 5.73 Å². The monoisotopic (exact) mass is 354 g/mol. The Morgan fingerprint density at radius 3 is 2.54 bits per heavy atom. The normalized spacial score (nSPS) is 10.5. The Labute approximate surface area is 141 Å². The van der Waals surface area contributed by atoms with E-state index in [2.05, 4.69) is 9.72 Å². The molecule has 2 N–H and O–H groups in total. The molecule has 0 atom stereocenters. The van der Waals surface area contributed by atoms with Crippen LogP contribution in [0.1, 0.15) is 23.0 Å². The van der Waals surface area contributed by atoms with E-state index >= 15 is 0 Å². The molecule has 126 valence electrons. The fourth-order valence-corrected chi connectivity index (χ4v) is 2.29. The van der Waals surface area contributed by atoms with Crippen molar-refractivity contribution in [1.29, 1.82) is 0 Å². The third-order valence-electron chi connectivity index (χ3n) is 3.26. The van der Waals surface area contributed by atoms with E-state index in [1.807, 2.05) is 0 Å². The van der Waals surface area contributed by atoms with Gasteiger partial charge in [-0.3, -0.25) is 4.79 Å². The number of carbonyl (C=O) groups is 2. The van der Waals surface area contributed by atoms with Gasteiger partial charge in [0, 0.05) is 12.0 Å². The molecule has 0 unspecified atom stereocenters. The van der Waals surface area contributed by atoms with E-state index in [0.29, 0.717) is 0 Å². The van der Waals surface area contributed by atoms with Crippen LogP contribution in [0.15, 0.2) is 18.2 Å². The van der Waals surface area contributed by atoms with Gasteiger partial charge in [0.25, 0.3) is 0 Å². The number of rotatable bonds is 4. The third kappa shape index (κ3) is 3.35. The van der Waals surface area contributed by atoms with Crippen LogP contribution in [-0.2, 0) is 16.0 Å². The maximum atomic E-state index is 14.3. The van der Waals surface area contributed by atoms with Crippen molar-refractivity contribution in [1.82, 2.24) is 4.98 Å². The van der Waals surface area contributed by atoms with Gasteiger partial charge in [-0.2, -0.15) is 0 Å². The average molecular weight is 355 g/mol. The minimum Gasteiger partial charge on any atom is -0.464 e. The Morgan fingerprint density at radius 1 is 1.33 bits per heavy atom. The Bertz CT molecular complexity index is 841. The van der Waals surface area contributed by atoms with Gasteiger partial charge in [0.2, 0.25) is 0 Å².